The highest BCUT2D eigenvalue weighted by Gasteiger charge is 2.16. The topological polar surface area (TPSA) is 137 Å². The molecule has 1 amide bonds. The van der Waals surface area contributed by atoms with Gasteiger partial charge in [-0.2, -0.15) is 0 Å². The van der Waals surface area contributed by atoms with E-state index in [1.165, 1.54) is 11.9 Å². The molecule has 0 radical (unpaired) electrons. The third kappa shape index (κ3) is 4.84. The van der Waals surface area contributed by atoms with Gasteiger partial charge in [0.2, 0.25) is 6.41 Å². The second kappa shape index (κ2) is 9.71. The number of anilines is 3. The minimum atomic E-state index is 0.250. The van der Waals surface area contributed by atoms with Crippen molar-refractivity contribution in [1.82, 2.24) is 14.9 Å². The maximum Gasteiger partial charge on any atom is 0.204 e. The third-order valence-electron chi connectivity index (χ3n) is 5.08. The van der Waals surface area contributed by atoms with Gasteiger partial charge in [0.15, 0.2) is 0 Å². The zero-order valence-corrected chi connectivity index (χ0v) is 16.9. The summed E-state index contributed by atoms with van der Waals surface area (Å²) in [5.74, 6) is 0.373. The van der Waals surface area contributed by atoms with Crippen LogP contribution < -0.4 is 16.8 Å². The second-order valence-corrected chi connectivity index (χ2v) is 7.18. The number of carbonyl (C=O) groups is 1. The number of benzene rings is 1. The minimum Gasteiger partial charge on any atom is -0.398 e. The highest BCUT2D eigenvalue weighted by molar-refractivity contribution is 5.93. The Labute approximate surface area is 175 Å². The summed E-state index contributed by atoms with van der Waals surface area (Å²) in [6.07, 6.45) is 8.94. The monoisotopic (exact) mass is 405 g/mol. The van der Waals surface area contributed by atoms with Crippen molar-refractivity contribution in [3.05, 3.63) is 59.9 Å². The fourth-order valence-corrected chi connectivity index (χ4v) is 3.50. The van der Waals surface area contributed by atoms with Gasteiger partial charge < -0.3 is 32.1 Å². The van der Waals surface area contributed by atoms with Crippen molar-refractivity contribution in [2.24, 2.45) is 5.73 Å². The first-order valence-electron chi connectivity index (χ1n) is 9.71. The van der Waals surface area contributed by atoms with Gasteiger partial charge in [0.25, 0.3) is 0 Å². The third-order valence-corrected chi connectivity index (χ3v) is 5.08. The summed E-state index contributed by atoms with van der Waals surface area (Å²) >= 11 is 0. The van der Waals surface area contributed by atoms with Crippen LogP contribution >= 0.6 is 0 Å². The Morgan fingerprint density at radius 1 is 1.33 bits per heavy atom. The van der Waals surface area contributed by atoms with Gasteiger partial charge in [-0.15, -0.1) is 0 Å². The molecule has 7 N–H and O–H groups in total. The van der Waals surface area contributed by atoms with Gasteiger partial charge in [-0.05, 0) is 50.3 Å². The summed E-state index contributed by atoms with van der Waals surface area (Å²) in [6, 6.07) is 9.78. The number of carbonyl (C=O) groups excluding carboxylic acids is 1. The number of likely N-dealkylation sites (N-methyl/N-ethyl adjacent to an activating group) is 1. The van der Waals surface area contributed by atoms with Crippen LogP contribution in [-0.4, -0.2) is 47.6 Å². The number of nitrogens with zero attached hydrogens (tertiary/aromatic N) is 2. The van der Waals surface area contributed by atoms with Crippen molar-refractivity contribution < 1.29 is 4.79 Å². The van der Waals surface area contributed by atoms with Crippen LogP contribution in [-0.2, 0) is 4.79 Å². The molecular weight excluding hydrogens is 378 g/mol. The smallest absolute Gasteiger partial charge is 0.204 e. The number of allylic oxidation sites excluding steroid dienone is 1. The van der Waals surface area contributed by atoms with Crippen LogP contribution in [0.4, 0.5) is 17.1 Å². The standard InChI is InChI=1S/C21H24N6.CH3NO/c1-27-9-2-3-14(7-10-27)20-12-17-19(6-8-24-21(17)26-20)25-16-4-5-18(23)15(11-16)13-22;2-1-3/h2-6,8,11-14,22H,7,9-10,23H2,1H3,(H2,24,25,26);1H,(H2,2,3). The number of H-pyrrole nitrogens is 1. The lowest BCUT2D eigenvalue weighted by Gasteiger charge is -2.13. The highest BCUT2D eigenvalue weighted by atomic mass is 16.1. The summed E-state index contributed by atoms with van der Waals surface area (Å²) in [5.41, 5.74) is 15.3. The van der Waals surface area contributed by atoms with E-state index in [9.17, 15) is 0 Å². The Bertz CT molecular complexity index is 1060. The summed E-state index contributed by atoms with van der Waals surface area (Å²) < 4.78 is 0. The van der Waals surface area contributed by atoms with Crippen molar-refractivity contribution in [1.29, 1.82) is 5.41 Å². The molecule has 1 aliphatic heterocycles. The first kappa shape index (κ1) is 21.1. The summed E-state index contributed by atoms with van der Waals surface area (Å²) in [5, 5.41) is 12.0. The molecule has 4 rings (SSSR count). The molecule has 0 aliphatic carbocycles. The first-order chi connectivity index (χ1) is 14.5. The van der Waals surface area contributed by atoms with Crippen LogP contribution in [0, 0.1) is 5.41 Å². The van der Waals surface area contributed by atoms with Crippen LogP contribution in [0.1, 0.15) is 23.6 Å². The quantitative estimate of drug-likeness (QED) is 0.197. The fraction of sp³-hybridized carbons (Fsp3) is 0.227. The Hall–Kier alpha value is -3.65. The van der Waals surface area contributed by atoms with Gasteiger partial charge in [0, 0.05) is 52.9 Å². The highest BCUT2D eigenvalue weighted by Crippen LogP contribution is 2.31. The number of nitrogens with two attached hydrogens (primary N) is 2. The van der Waals surface area contributed by atoms with Crippen molar-refractivity contribution in [2.75, 3.05) is 31.2 Å². The molecule has 1 aromatic carbocycles. The van der Waals surface area contributed by atoms with E-state index in [1.54, 1.807) is 6.20 Å². The predicted molar refractivity (Wildman–Crippen MR) is 122 cm³/mol. The van der Waals surface area contributed by atoms with E-state index in [0.717, 1.165) is 41.9 Å². The summed E-state index contributed by atoms with van der Waals surface area (Å²) in [6.45, 7) is 2.07. The summed E-state index contributed by atoms with van der Waals surface area (Å²) in [7, 11) is 2.15. The van der Waals surface area contributed by atoms with Crippen molar-refractivity contribution in [3.8, 4) is 0 Å². The van der Waals surface area contributed by atoms with Crippen LogP contribution in [0.15, 0.2) is 48.7 Å². The first-order valence-corrected chi connectivity index (χ1v) is 9.71. The molecule has 0 bridgehead atoms. The number of aromatic nitrogens is 2. The molecule has 0 spiro atoms. The number of hydrogen-bond acceptors (Lipinski definition) is 6. The number of aromatic amines is 1. The van der Waals surface area contributed by atoms with E-state index >= 15 is 0 Å². The van der Waals surface area contributed by atoms with Gasteiger partial charge >= 0.3 is 0 Å². The molecule has 0 saturated carbocycles. The number of fused-ring (bicyclic) bond motifs is 1. The molecule has 0 saturated heterocycles. The maximum atomic E-state index is 8.58. The van der Waals surface area contributed by atoms with Crippen LogP contribution in [0.3, 0.4) is 0 Å². The largest absolute Gasteiger partial charge is 0.398 e. The second-order valence-electron chi connectivity index (χ2n) is 7.18. The van der Waals surface area contributed by atoms with Gasteiger partial charge in [-0.1, -0.05) is 12.2 Å². The number of pyridine rings is 1. The average Bonchev–Trinajstić information content (AvgIpc) is 3.06. The normalized spacial score (nSPS) is 16.4. The fourth-order valence-electron chi connectivity index (χ4n) is 3.50. The Balaban J connectivity index is 0.000000806. The van der Waals surface area contributed by atoms with Crippen molar-refractivity contribution >= 4 is 40.7 Å². The van der Waals surface area contributed by atoms with E-state index < -0.39 is 0 Å². The molecular formula is C22H27N7O. The molecule has 2 aromatic heterocycles. The Morgan fingerprint density at radius 2 is 2.13 bits per heavy atom. The number of primary amides is 1. The molecule has 8 nitrogen and oxygen atoms in total. The molecule has 30 heavy (non-hydrogen) atoms. The SMILES string of the molecule is CN1CC=CC(c2cc3c(Nc4ccc(N)c(C=N)c4)ccnc3[nH]2)CC1.NC=O. The van der Waals surface area contributed by atoms with Crippen molar-refractivity contribution in [2.45, 2.75) is 12.3 Å². The molecule has 1 aliphatic rings. The van der Waals surface area contributed by atoms with Gasteiger partial charge in [-0.25, -0.2) is 4.98 Å². The molecule has 3 aromatic rings. The zero-order chi connectivity index (χ0) is 21.5. The van der Waals surface area contributed by atoms with E-state index in [-0.39, 0.29) is 6.41 Å². The molecule has 156 valence electrons. The molecule has 1 atom stereocenters. The van der Waals surface area contributed by atoms with Crippen LogP contribution in [0.5, 0.6) is 0 Å². The van der Waals surface area contributed by atoms with E-state index in [2.05, 4.69) is 51.2 Å². The molecule has 3 heterocycles. The number of amides is 1. The minimum absolute atomic E-state index is 0.250. The zero-order valence-electron chi connectivity index (χ0n) is 16.9. The van der Waals surface area contributed by atoms with Crippen molar-refractivity contribution in [3.63, 3.8) is 0 Å². The Kier molecular flexibility index (Phi) is 6.82. The predicted octanol–water partition coefficient (Wildman–Crippen LogP) is 2.96. The Morgan fingerprint density at radius 3 is 2.90 bits per heavy atom. The maximum absolute atomic E-state index is 8.58. The number of nitrogen functional groups attached to an aromatic ring is 1. The lowest BCUT2D eigenvalue weighted by atomic mass is 10.0. The molecule has 1 unspecified atom stereocenters. The lowest BCUT2D eigenvalue weighted by Crippen LogP contribution is -2.18. The van der Waals surface area contributed by atoms with E-state index in [0.29, 0.717) is 17.2 Å². The lowest BCUT2D eigenvalue weighted by molar-refractivity contribution is -0.106. The van der Waals surface area contributed by atoms with E-state index in [4.69, 9.17) is 15.9 Å². The average molecular weight is 406 g/mol. The molecule has 8 heteroatoms. The van der Waals surface area contributed by atoms with Gasteiger partial charge in [0.05, 0.1) is 5.69 Å². The number of hydrogen-bond donors (Lipinski definition) is 5. The van der Waals surface area contributed by atoms with Gasteiger partial charge in [0.1, 0.15) is 5.65 Å². The molecule has 0 fully saturated rings. The van der Waals surface area contributed by atoms with Crippen LogP contribution in [0.25, 0.3) is 11.0 Å². The number of nitrogens with one attached hydrogen (secondary N) is 3. The van der Waals surface area contributed by atoms with Gasteiger partial charge in [-0.3, -0.25) is 4.79 Å². The number of rotatable bonds is 4. The van der Waals surface area contributed by atoms with E-state index in [1.807, 2.05) is 24.3 Å². The van der Waals surface area contributed by atoms with Crippen LogP contribution in [0.2, 0.25) is 0 Å². The summed E-state index contributed by atoms with van der Waals surface area (Å²) in [4.78, 5) is 18.9.